The standard InChI is InChI=1S/C26H31ClFN3O3/c1-16-10-18(3)29-13-19(16)14-30-24(33)26-8-6-25(7-9-26,12-17(26)2)31-23(32)15-34-20-4-5-21(27)22(28)11-20/h4-5,10-11,13,17H,6-9,12,14-15H2,1-3H3,(H,30,33)(H,31,32). The molecule has 3 aliphatic rings. The molecular formula is C26H31ClFN3O3. The first-order chi connectivity index (χ1) is 16.1. The number of nitrogens with zero attached hydrogens (tertiary/aromatic N) is 1. The molecule has 34 heavy (non-hydrogen) atoms. The highest BCUT2D eigenvalue weighted by Crippen LogP contribution is 2.55. The summed E-state index contributed by atoms with van der Waals surface area (Å²) in [6, 6.07) is 6.11. The number of amides is 2. The van der Waals surface area contributed by atoms with Crippen molar-refractivity contribution in [3.8, 4) is 5.75 Å². The third-order valence-corrected chi connectivity index (χ3v) is 7.96. The smallest absolute Gasteiger partial charge is 0.258 e. The number of pyridine rings is 1. The molecule has 3 aliphatic carbocycles. The van der Waals surface area contributed by atoms with Crippen LogP contribution < -0.4 is 15.4 Å². The van der Waals surface area contributed by atoms with Crippen molar-refractivity contribution in [2.24, 2.45) is 11.3 Å². The number of aryl methyl sites for hydroxylation is 2. The molecule has 5 rings (SSSR count). The topological polar surface area (TPSA) is 80.3 Å². The molecule has 1 heterocycles. The summed E-state index contributed by atoms with van der Waals surface area (Å²) in [6.07, 6.45) is 5.53. The fourth-order valence-corrected chi connectivity index (χ4v) is 5.71. The first-order valence-corrected chi connectivity index (χ1v) is 12.1. The van der Waals surface area contributed by atoms with Crippen LogP contribution in [0.25, 0.3) is 0 Å². The molecule has 1 atom stereocenters. The van der Waals surface area contributed by atoms with Gasteiger partial charge < -0.3 is 15.4 Å². The van der Waals surface area contributed by atoms with Crippen molar-refractivity contribution < 1.29 is 18.7 Å². The average Bonchev–Trinajstić information content (AvgIpc) is 2.79. The van der Waals surface area contributed by atoms with Crippen LogP contribution in [-0.4, -0.2) is 28.9 Å². The van der Waals surface area contributed by atoms with Crippen molar-refractivity contribution in [1.82, 2.24) is 15.6 Å². The first kappa shape index (κ1) is 24.5. The van der Waals surface area contributed by atoms with E-state index in [1.54, 1.807) is 0 Å². The van der Waals surface area contributed by atoms with Gasteiger partial charge in [0.1, 0.15) is 11.6 Å². The second kappa shape index (κ2) is 9.53. The van der Waals surface area contributed by atoms with E-state index in [1.807, 2.05) is 26.1 Å². The minimum absolute atomic E-state index is 0.00674. The number of hydrogen-bond donors (Lipinski definition) is 2. The van der Waals surface area contributed by atoms with Gasteiger partial charge in [0.05, 0.1) is 10.4 Å². The second-order valence-corrected chi connectivity index (χ2v) is 10.3. The van der Waals surface area contributed by atoms with Crippen molar-refractivity contribution in [2.75, 3.05) is 6.61 Å². The predicted octanol–water partition coefficient (Wildman–Crippen LogP) is 4.64. The number of carbonyl (C=O) groups excluding carboxylic acids is 2. The Labute approximate surface area is 204 Å². The van der Waals surface area contributed by atoms with Gasteiger partial charge in [0.2, 0.25) is 5.91 Å². The van der Waals surface area contributed by atoms with Gasteiger partial charge in [0.15, 0.2) is 6.61 Å². The van der Waals surface area contributed by atoms with Crippen LogP contribution in [0.15, 0.2) is 30.5 Å². The van der Waals surface area contributed by atoms with Gasteiger partial charge in [-0.1, -0.05) is 18.5 Å². The van der Waals surface area contributed by atoms with E-state index in [9.17, 15) is 14.0 Å². The fourth-order valence-electron chi connectivity index (χ4n) is 5.59. The molecule has 1 aromatic heterocycles. The zero-order valence-corrected chi connectivity index (χ0v) is 20.6. The predicted molar refractivity (Wildman–Crippen MR) is 128 cm³/mol. The van der Waals surface area contributed by atoms with Crippen LogP contribution in [0.2, 0.25) is 5.02 Å². The van der Waals surface area contributed by atoms with Crippen molar-refractivity contribution in [3.63, 3.8) is 0 Å². The Morgan fingerprint density at radius 3 is 2.59 bits per heavy atom. The summed E-state index contributed by atoms with van der Waals surface area (Å²) in [5.41, 5.74) is 2.37. The number of nitrogens with one attached hydrogen (secondary N) is 2. The molecule has 6 nitrogen and oxygen atoms in total. The maximum atomic E-state index is 13.6. The number of benzene rings is 1. The van der Waals surface area contributed by atoms with E-state index in [2.05, 4.69) is 22.5 Å². The molecule has 0 spiro atoms. The number of aromatic nitrogens is 1. The summed E-state index contributed by atoms with van der Waals surface area (Å²) >= 11 is 5.68. The molecular weight excluding hydrogens is 457 g/mol. The number of fused-ring (bicyclic) bond motifs is 3. The Bertz CT molecular complexity index is 1100. The SMILES string of the molecule is Cc1cc(C)c(CNC(=O)C23CCC(NC(=O)COc4ccc(Cl)c(F)c4)(CC2)CC3C)cn1. The van der Waals surface area contributed by atoms with Gasteiger partial charge in [-0.05, 0) is 81.2 Å². The van der Waals surface area contributed by atoms with Crippen molar-refractivity contribution in [3.05, 3.63) is 58.1 Å². The van der Waals surface area contributed by atoms with E-state index in [0.29, 0.717) is 6.54 Å². The Morgan fingerprint density at radius 2 is 1.94 bits per heavy atom. The Hall–Kier alpha value is -2.67. The third kappa shape index (κ3) is 4.90. The maximum absolute atomic E-state index is 13.6. The lowest BCUT2D eigenvalue weighted by molar-refractivity contribution is -0.146. The lowest BCUT2D eigenvalue weighted by Crippen LogP contribution is -2.63. The molecule has 2 amide bonds. The summed E-state index contributed by atoms with van der Waals surface area (Å²) in [6.45, 7) is 6.35. The minimum Gasteiger partial charge on any atom is -0.484 e. The third-order valence-electron chi connectivity index (χ3n) is 7.65. The molecule has 3 fully saturated rings. The van der Waals surface area contributed by atoms with Gasteiger partial charge in [0, 0.05) is 30.0 Å². The molecule has 0 saturated heterocycles. The minimum atomic E-state index is -0.588. The van der Waals surface area contributed by atoms with E-state index in [-0.39, 0.29) is 40.7 Å². The van der Waals surface area contributed by atoms with Crippen LogP contribution >= 0.6 is 11.6 Å². The van der Waals surface area contributed by atoms with Crippen LogP contribution in [0.4, 0.5) is 4.39 Å². The Kier molecular flexibility index (Phi) is 6.85. The number of rotatable bonds is 7. The Morgan fingerprint density at radius 1 is 1.21 bits per heavy atom. The van der Waals surface area contributed by atoms with Crippen molar-refractivity contribution >= 4 is 23.4 Å². The molecule has 2 aromatic rings. The van der Waals surface area contributed by atoms with Gasteiger partial charge in [-0.2, -0.15) is 0 Å². The highest BCUT2D eigenvalue weighted by atomic mass is 35.5. The molecule has 1 unspecified atom stereocenters. The van der Waals surface area contributed by atoms with Gasteiger partial charge in [0.25, 0.3) is 5.91 Å². The number of hydrogen-bond acceptors (Lipinski definition) is 4. The van der Waals surface area contributed by atoms with Crippen LogP contribution in [0.5, 0.6) is 5.75 Å². The fraction of sp³-hybridized carbons (Fsp3) is 0.500. The lowest BCUT2D eigenvalue weighted by Gasteiger charge is -2.56. The van der Waals surface area contributed by atoms with Crippen LogP contribution in [0.1, 0.15) is 55.8 Å². The molecule has 0 radical (unpaired) electrons. The van der Waals surface area contributed by atoms with Crippen molar-refractivity contribution in [2.45, 2.75) is 65.0 Å². The normalized spacial score (nSPS) is 25.6. The van der Waals surface area contributed by atoms with Crippen LogP contribution in [-0.2, 0) is 16.1 Å². The lowest BCUT2D eigenvalue weighted by atomic mass is 9.52. The van der Waals surface area contributed by atoms with Crippen LogP contribution in [0.3, 0.4) is 0 Å². The van der Waals surface area contributed by atoms with Crippen molar-refractivity contribution in [1.29, 1.82) is 0 Å². The zero-order valence-electron chi connectivity index (χ0n) is 19.8. The molecule has 1 aromatic carbocycles. The van der Waals surface area contributed by atoms with Gasteiger partial charge in [-0.25, -0.2) is 4.39 Å². The molecule has 0 aliphatic heterocycles. The quantitative estimate of drug-likeness (QED) is 0.596. The summed E-state index contributed by atoms with van der Waals surface area (Å²) in [4.78, 5) is 30.3. The highest BCUT2D eigenvalue weighted by molar-refractivity contribution is 6.30. The zero-order chi connectivity index (χ0) is 24.5. The first-order valence-electron chi connectivity index (χ1n) is 11.7. The number of halogens is 2. The van der Waals surface area contributed by atoms with E-state index in [4.69, 9.17) is 16.3 Å². The molecule has 2 N–H and O–H groups in total. The maximum Gasteiger partial charge on any atom is 0.258 e. The summed E-state index contributed by atoms with van der Waals surface area (Å²) in [5, 5.41) is 6.31. The number of carbonyl (C=O) groups is 2. The second-order valence-electron chi connectivity index (χ2n) is 9.89. The average molecular weight is 488 g/mol. The summed E-state index contributed by atoms with van der Waals surface area (Å²) in [7, 11) is 0. The van der Waals surface area contributed by atoms with Gasteiger partial charge >= 0.3 is 0 Å². The van der Waals surface area contributed by atoms with E-state index in [0.717, 1.165) is 55.0 Å². The van der Waals surface area contributed by atoms with Gasteiger partial charge in [-0.15, -0.1) is 0 Å². The summed E-state index contributed by atoms with van der Waals surface area (Å²) in [5.74, 6) is -0.352. The van der Waals surface area contributed by atoms with E-state index >= 15 is 0 Å². The highest BCUT2D eigenvalue weighted by Gasteiger charge is 2.56. The molecule has 8 heteroatoms. The summed E-state index contributed by atoms with van der Waals surface area (Å²) < 4.78 is 19.0. The van der Waals surface area contributed by atoms with Crippen LogP contribution in [0, 0.1) is 31.0 Å². The largest absolute Gasteiger partial charge is 0.484 e. The molecule has 3 saturated carbocycles. The Balaban J connectivity index is 1.32. The van der Waals surface area contributed by atoms with E-state index in [1.165, 1.54) is 12.1 Å². The number of ether oxygens (including phenoxy) is 1. The molecule has 182 valence electrons. The monoisotopic (exact) mass is 487 g/mol. The molecule has 2 bridgehead atoms. The van der Waals surface area contributed by atoms with E-state index < -0.39 is 11.2 Å². The van der Waals surface area contributed by atoms with Gasteiger partial charge in [-0.3, -0.25) is 14.6 Å².